The number of likely N-dealkylation sites (N-methyl/N-ethyl adjacent to an activating group) is 1. The van der Waals surface area contributed by atoms with Gasteiger partial charge in [0.15, 0.2) is 17.5 Å². The first-order valence-electron chi connectivity index (χ1n) is 4.91. The lowest BCUT2D eigenvalue weighted by Gasteiger charge is -2.16. The summed E-state index contributed by atoms with van der Waals surface area (Å²) in [7, 11) is 1.73. The number of benzene rings is 1. The molecule has 88 valence electrons. The van der Waals surface area contributed by atoms with Crippen molar-refractivity contribution in [2.45, 2.75) is 19.4 Å². The summed E-state index contributed by atoms with van der Waals surface area (Å²) in [6, 6.07) is 1.93. The van der Waals surface area contributed by atoms with Crippen molar-refractivity contribution in [2.24, 2.45) is 0 Å². The third-order valence-corrected chi connectivity index (χ3v) is 2.43. The first kappa shape index (κ1) is 12.8. The van der Waals surface area contributed by atoms with E-state index in [1.165, 1.54) is 0 Å². The van der Waals surface area contributed by atoms with Gasteiger partial charge in [-0.2, -0.15) is 0 Å². The summed E-state index contributed by atoms with van der Waals surface area (Å²) in [6.45, 7) is 5.58. The van der Waals surface area contributed by atoms with Gasteiger partial charge >= 0.3 is 0 Å². The molecule has 0 saturated carbocycles. The van der Waals surface area contributed by atoms with Crippen molar-refractivity contribution in [1.29, 1.82) is 0 Å². The summed E-state index contributed by atoms with van der Waals surface area (Å²) in [5, 5.41) is 2.97. The van der Waals surface area contributed by atoms with Crippen LogP contribution in [-0.4, -0.2) is 13.1 Å². The Morgan fingerprint density at radius 1 is 1.31 bits per heavy atom. The van der Waals surface area contributed by atoms with Crippen molar-refractivity contribution < 1.29 is 13.2 Å². The highest BCUT2D eigenvalue weighted by molar-refractivity contribution is 5.22. The summed E-state index contributed by atoms with van der Waals surface area (Å²) in [5.41, 5.74) is 1.26. The predicted octanol–water partition coefficient (Wildman–Crippen LogP) is 2.81. The van der Waals surface area contributed by atoms with Gasteiger partial charge in [0, 0.05) is 6.04 Å². The van der Waals surface area contributed by atoms with Crippen molar-refractivity contribution in [1.82, 2.24) is 5.32 Å². The molecule has 0 heterocycles. The molecule has 1 aromatic rings. The molecule has 0 aromatic heterocycles. The quantitative estimate of drug-likeness (QED) is 0.618. The lowest BCUT2D eigenvalue weighted by molar-refractivity contribution is 0.444. The van der Waals surface area contributed by atoms with Gasteiger partial charge in [-0.05, 0) is 38.1 Å². The fourth-order valence-corrected chi connectivity index (χ4v) is 1.48. The number of halogens is 3. The summed E-state index contributed by atoms with van der Waals surface area (Å²) >= 11 is 0. The smallest absolute Gasteiger partial charge is 0.194 e. The van der Waals surface area contributed by atoms with Gasteiger partial charge in [-0.25, -0.2) is 13.2 Å². The molecular formula is C12H14F3N. The van der Waals surface area contributed by atoms with Crippen molar-refractivity contribution in [2.75, 3.05) is 7.05 Å². The molecule has 1 aromatic carbocycles. The van der Waals surface area contributed by atoms with E-state index in [1.807, 2.05) is 6.92 Å². The zero-order chi connectivity index (χ0) is 12.3. The van der Waals surface area contributed by atoms with E-state index in [0.29, 0.717) is 12.0 Å². The summed E-state index contributed by atoms with van der Waals surface area (Å²) < 4.78 is 38.6. The van der Waals surface area contributed by atoms with Crippen LogP contribution in [0.3, 0.4) is 0 Å². The summed E-state index contributed by atoms with van der Waals surface area (Å²) in [4.78, 5) is 0. The first-order chi connectivity index (χ1) is 7.45. The average Bonchev–Trinajstić information content (AvgIpc) is 2.21. The minimum Gasteiger partial charge on any atom is -0.313 e. The molecule has 0 bridgehead atoms. The van der Waals surface area contributed by atoms with Gasteiger partial charge in [0.1, 0.15) is 0 Å². The molecule has 1 rings (SSSR count). The van der Waals surface area contributed by atoms with Gasteiger partial charge in [-0.15, -0.1) is 0 Å². The molecular weight excluding hydrogens is 215 g/mol. The van der Waals surface area contributed by atoms with Gasteiger partial charge < -0.3 is 5.32 Å². The fourth-order valence-electron chi connectivity index (χ4n) is 1.48. The summed E-state index contributed by atoms with van der Waals surface area (Å²) in [6.07, 6.45) is 0.375. The molecule has 1 N–H and O–H groups in total. The van der Waals surface area contributed by atoms with Crippen LogP contribution < -0.4 is 5.32 Å². The Morgan fingerprint density at radius 3 is 2.19 bits per heavy atom. The number of rotatable bonds is 4. The second-order valence-electron chi connectivity index (χ2n) is 3.77. The molecule has 4 heteroatoms. The van der Waals surface area contributed by atoms with Crippen LogP contribution in [0, 0.1) is 17.5 Å². The molecule has 0 spiro atoms. The van der Waals surface area contributed by atoms with E-state index in [1.54, 1.807) is 7.05 Å². The van der Waals surface area contributed by atoms with Crippen LogP contribution >= 0.6 is 0 Å². The molecule has 0 radical (unpaired) electrons. The van der Waals surface area contributed by atoms with E-state index in [-0.39, 0.29) is 6.04 Å². The molecule has 0 aliphatic heterocycles. The van der Waals surface area contributed by atoms with Crippen LogP contribution in [0.4, 0.5) is 13.2 Å². The Hall–Kier alpha value is -1.29. The molecule has 0 aliphatic rings. The first-order valence-corrected chi connectivity index (χ1v) is 4.91. The van der Waals surface area contributed by atoms with Crippen molar-refractivity contribution in [3.63, 3.8) is 0 Å². The molecule has 16 heavy (non-hydrogen) atoms. The van der Waals surface area contributed by atoms with E-state index in [0.717, 1.165) is 17.7 Å². The predicted molar refractivity (Wildman–Crippen MR) is 57.7 cm³/mol. The van der Waals surface area contributed by atoms with Gasteiger partial charge in [0.05, 0.1) is 0 Å². The van der Waals surface area contributed by atoms with Crippen LogP contribution in [-0.2, 0) is 6.42 Å². The molecule has 0 amide bonds. The SMILES string of the molecule is C=C(C)C(Cc1cc(F)c(F)c(F)c1)NC. The Balaban J connectivity index is 2.93. The van der Waals surface area contributed by atoms with E-state index in [9.17, 15) is 13.2 Å². The van der Waals surface area contributed by atoms with Gasteiger partial charge in [0.25, 0.3) is 0 Å². The topological polar surface area (TPSA) is 12.0 Å². The third-order valence-electron chi connectivity index (χ3n) is 2.43. The highest BCUT2D eigenvalue weighted by Crippen LogP contribution is 2.16. The molecule has 0 saturated heterocycles. The maximum atomic E-state index is 12.9. The fraction of sp³-hybridized carbons (Fsp3) is 0.333. The van der Waals surface area contributed by atoms with Gasteiger partial charge in [-0.1, -0.05) is 12.2 Å². The molecule has 0 aliphatic carbocycles. The zero-order valence-corrected chi connectivity index (χ0v) is 9.28. The van der Waals surface area contributed by atoms with E-state index < -0.39 is 17.5 Å². The number of hydrogen-bond acceptors (Lipinski definition) is 1. The third kappa shape index (κ3) is 2.85. The van der Waals surface area contributed by atoms with Crippen LogP contribution in [0.15, 0.2) is 24.3 Å². The lowest BCUT2D eigenvalue weighted by Crippen LogP contribution is -2.28. The maximum absolute atomic E-state index is 12.9. The van der Waals surface area contributed by atoms with Crippen molar-refractivity contribution in [3.8, 4) is 0 Å². The highest BCUT2D eigenvalue weighted by atomic mass is 19.2. The minimum absolute atomic E-state index is 0.0794. The molecule has 1 unspecified atom stereocenters. The Bertz CT molecular complexity index is 378. The zero-order valence-electron chi connectivity index (χ0n) is 9.28. The average molecular weight is 229 g/mol. The second kappa shape index (κ2) is 5.16. The molecule has 0 fully saturated rings. The largest absolute Gasteiger partial charge is 0.313 e. The standard InChI is InChI=1S/C12H14F3N/c1-7(2)11(16-3)6-8-4-9(13)12(15)10(14)5-8/h4-5,11,16H,1,6H2,2-3H3. The monoisotopic (exact) mass is 229 g/mol. The maximum Gasteiger partial charge on any atom is 0.194 e. The Labute approximate surface area is 93.0 Å². The highest BCUT2D eigenvalue weighted by Gasteiger charge is 2.13. The van der Waals surface area contributed by atoms with Gasteiger partial charge in [0.2, 0.25) is 0 Å². The van der Waals surface area contributed by atoms with Crippen LogP contribution in [0.2, 0.25) is 0 Å². The van der Waals surface area contributed by atoms with Gasteiger partial charge in [-0.3, -0.25) is 0 Å². The van der Waals surface area contributed by atoms with Crippen LogP contribution in [0.25, 0.3) is 0 Å². The van der Waals surface area contributed by atoms with Crippen molar-refractivity contribution >= 4 is 0 Å². The number of nitrogens with one attached hydrogen (secondary N) is 1. The molecule has 1 atom stereocenters. The Kier molecular flexibility index (Phi) is 4.12. The Morgan fingerprint density at radius 2 is 1.81 bits per heavy atom. The van der Waals surface area contributed by atoms with Crippen molar-refractivity contribution in [3.05, 3.63) is 47.3 Å². The molecule has 1 nitrogen and oxygen atoms in total. The summed E-state index contributed by atoms with van der Waals surface area (Å²) in [5.74, 6) is -3.75. The number of hydrogen-bond donors (Lipinski definition) is 1. The minimum atomic E-state index is -1.43. The van der Waals surface area contributed by atoms with E-state index >= 15 is 0 Å². The van der Waals surface area contributed by atoms with Crippen LogP contribution in [0.1, 0.15) is 12.5 Å². The van der Waals surface area contributed by atoms with Crippen LogP contribution in [0.5, 0.6) is 0 Å². The van der Waals surface area contributed by atoms with E-state index in [4.69, 9.17) is 0 Å². The normalized spacial score (nSPS) is 12.6. The lowest BCUT2D eigenvalue weighted by atomic mass is 10.0. The second-order valence-corrected chi connectivity index (χ2v) is 3.77. The van der Waals surface area contributed by atoms with E-state index in [2.05, 4.69) is 11.9 Å².